The number of rotatable bonds is 8. The van der Waals surface area contributed by atoms with Crippen LogP contribution in [0.25, 0.3) is 0 Å². The number of nitrogens with one attached hydrogen (secondary N) is 1. The van der Waals surface area contributed by atoms with Gasteiger partial charge in [-0.15, -0.1) is 0 Å². The molecule has 7 nitrogen and oxygen atoms in total. The summed E-state index contributed by atoms with van der Waals surface area (Å²) in [4.78, 5) is 22.9. The standard InChI is InChI=1S/C13H21NO6S.Na.H/c1-13(2)8-9(13)11(15)14-10(12(16)17)6-4-3-5-7-21(18,19)20;;/h6,9H,3-5,7-8H2,1-2H3,(H,14,15)(H,16,17)(H,18,19,20);;. The van der Waals surface area contributed by atoms with Gasteiger partial charge in [0.2, 0.25) is 5.91 Å². The van der Waals surface area contributed by atoms with E-state index in [1.54, 1.807) is 0 Å². The van der Waals surface area contributed by atoms with Crippen molar-refractivity contribution in [3.8, 4) is 0 Å². The molecule has 1 atom stereocenters. The van der Waals surface area contributed by atoms with Crippen molar-refractivity contribution < 1.29 is 27.7 Å². The molecule has 0 aromatic rings. The molecule has 0 spiro atoms. The fourth-order valence-electron chi connectivity index (χ4n) is 2.00. The molecule has 1 aliphatic carbocycles. The Morgan fingerprint density at radius 2 is 1.86 bits per heavy atom. The van der Waals surface area contributed by atoms with Crippen LogP contribution in [0.15, 0.2) is 11.8 Å². The number of carbonyl (C=O) groups is 2. The quantitative estimate of drug-likeness (QED) is 0.256. The van der Waals surface area contributed by atoms with E-state index in [0.717, 1.165) is 6.42 Å². The van der Waals surface area contributed by atoms with Crippen molar-refractivity contribution in [1.29, 1.82) is 0 Å². The summed E-state index contributed by atoms with van der Waals surface area (Å²) in [5.41, 5.74) is -0.266. The van der Waals surface area contributed by atoms with Gasteiger partial charge in [0.25, 0.3) is 10.1 Å². The first-order valence-corrected chi connectivity index (χ1v) is 8.33. The molecule has 0 saturated heterocycles. The van der Waals surface area contributed by atoms with Crippen LogP contribution in [0.1, 0.15) is 39.5 Å². The van der Waals surface area contributed by atoms with E-state index in [1.165, 1.54) is 6.08 Å². The van der Waals surface area contributed by atoms with Gasteiger partial charge >= 0.3 is 35.5 Å². The number of hydrogen-bond donors (Lipinski definition) is 3. The van der Waals surface area contributed by atoms with Gasteiger partial charge in [0.15, 0.2) is 0 Å². The van der Waals surface area contributed by atoms with Gasteiger partial charge < -0.3 is 10.4 Å². The number of unbranched alkanes of at least 4 members (excludes halogenated alkanes) is 2. The number of carbonyl (C=O) groups excluding carboxylic acids is 1. The topological polar surface area (TPSA) is 121 Å². The normalized spacial score (nSPS) is 20.0. The summed E-state index contributed by atoms with van der Waals surface area (Å²) in [6.07, 6.45) is 3.04. The fraction of sp³-hybridized carbons (Fsp3) is 0.692. The van der Waals surface area contributed by atoms with Gasteiger partial charge in [-0.3, -0.25) is 9.35 Å². The van der Waals surface area contributed by atoms with Crippen LogP contribution in [0.4, 0.5) is 0 Å². The summed E-state index contributed by atoms with van der Waals surface area (Å²) in [5.74, 6) is -2.05. The zero-order chi connectivity index (χ0) is 16.3. The molecule has 22 heavy (non-hydrogen) atoms. The first-order valence-electron chi connectivity index (χ1n) is 6.72. The number of hydrogen-bond acceptors (Lipinski definition) is 4. The first-order chi connectivity index (χ1) is 9.53. The van der Waals surface area contributed by atoms with Crippen LogP contribution in [0, 0.1) is 11.3 Å². The van der Waals surface area contributed by atoms with Gasteiger partial charge in [0.1, 0.15) is 5.70 Å². The van der Waals surface area contributed by atoms with Gasteiger partial charge in [-0.2, -0.15) is 8.42 Å². The zero-order valence-electron chi connectivity index (χ0n) is 12.1. The van der Waals surface area contributed by atoms with Crippen molar-refractivity contribution in [1.82, 2.24) is 5.32 Å². The van der Waals surface area contributed by atoms with Crippen molar-refractivity contribution in [2.75, 3.05) is 5.75 Å². The van der Waals surface area contributed by atoms with Crippen molar-refractivity contribution in [2.45, 2.75) is 39.5 Å². The van der Waals surface area contributed by atoms with Gasteiger partial charge in [0, 0.05) is 5.92 Å². The van der Waals surface area contributed by atoms with Crippen molar-refractivity contribution >= 4 is 51.6 Å². The van der Waals surface area contributed by atoms with E-state index in [0.29, 0.717) is 12.8 Å². The molecule has 0 aromatic carbocycles. The third-order valence-electron chi connectivity index (χ3n) is 3.52. The van der Waals surface area contributed by atoms with Crippen LogP contribution in [-0.4, -0.2) is 65.3 Å². The second-order valence-corrected chi connectivity index (χ2v) is 7.51. The van der Waals surface area contributed by atoms with Crippen LogP contribution in [0.3, 0.4) is 0 Å². The van der Waals surface area contributed by atoms with Crippen LogP contribution < -0.4 is 5.32 Å². The van der Waals surface area contributed by atoms with Gasteiger partial charge in [0.05, 0.1) is 5.75 Å². The maximum absolute atomic E-state index is 11.8. The Morgan fingerprint density at radius 1 is 1.32 bits per heavy atom. The van der Waals surface area contributed by atoms with E-state index in [2.05, 4.69) is 5.32 Å². The Balaban J connectivity index is 0.00000441. The molecule has 0 heterocycles. The molecular formula is C13H22NNaO6S. The molecule has 3 N–H and O–H groups in total. The Kier molecular flexibility index (Phi) is 8.29. The van der Waals surface area contributed by atoms with Crippen molar-refractivity contribution in [3.05, 3.63) is 11.8 Å². The molecule has 0 radical (unpaired) electrons. The number of aliphatic carboxylic acids is 1. The summed E-state index contributed by atoms with van der Waals surface area (Å²) in [6.45, 7) is 3.88. The van der Waals surface area contributed by atoms with Crippen molar-refractivity contribution in [2.24, 2.45) is 11.3 Å². The first kappa shape index (κ1) is 21.6. The van der Waals surface area contributed by atoms with Crippen LogP contribution in [0.5, 0.6) is 0 Å². The minimum atomic E-state index is -3.98. The SMILES string of the molecule is CC1(C)CC1C(=O)NC(=CCCCCS(=O)(=O)O)C(=O)O.[NaH]. The number of allylic oxidation sites excluding steroid dienone is 1. The molecule has 1 rings (SSSR count). The third kappa shape index (κ3) is 7.73. The summed E-state index contributed by atoms with van der Waals surface area (Å²) < 4.78 is 29.6. The van der Waals surface area contributed by atoms with E-state index in [4.69, 9.17) is 9.66 Å². The predicted molar refractivity (Wildman–Crippen MR) is 83.2 cm³/mol. The second kappa shape index (κ2) is 8.44. The van der Waals surface area contributed by atoms with E-state index >= 15 is 0 Å². The Morgan fingerprint density at radius 3 is 2.27 bits per heavy atom. The Bertz CT molecular complexity index is 555. The van der Waals surface area contributed by atoms with Gasteiger partial charge in [-0.05, 0) is 31.1 Å². The zero-order valence-corrected chi connectivity index (χ0v) is 12.9. The average Bonchev–Trinajstić information content (AvgIpc) is 2.94. The Hall–Kier alpha value is -0.410. The average molecular weight is 343 g/mol. The monoisotopic (exact) mass is 343 g/mol. The van der Waals surface area contributed by atoms with Crippen LogP contribution >= 0.6 is 0 Å². The molecule has 1 aliphatic rings. The summed E-state index contributed by atoms with van der Waals surface area (Å²) in [7, 11) is -3.98. The summed E-state index contributed by atoms with van der Waals surface area (Å²) in [6, 6.07) is 0. The van der Waals surface area contributed by atoms with Crippen LogP contribution in [-0.2, 0) is 19.7 Å². The van der Waals surface area contributed by atoms with Gasteiger partial charge in [-0.25, -0.2) is 4.79 Å². The van der Waals surface area contributed by atoms with E-state index in [-0.39, 0.29) is 64.7 Å². The molecule has 1 saturated carbocycles. The molecule has 0 aliphatic heterocycles. The molecule has 1 unspecified atom stereocenters. The Labute approximate surface area is 152 Å². The third-order valence-corrected chi connectivity index (χ3v) is 4.33. The van der Waals surface area contributed by atoms with E-state index < -0.39 is 16.1 Å². The second-order valence-electron chi connectivity index (χ2n) is 5.94. The molecule has 1 fully saturated rings. The molecule has 9 heteroatoms. The maximum atomic E-state index is 11.8. The van der Waals surface area contributed by atoms with Crippen LogP contribution in [0.2, 0.25) is 0 Å². The molecule has 1 amide bonds. The van der Waals surface area contributed by atoms with E-state index in [9.17, 15) is 18.0 Å². The minimum absolute atomic E-state index is 0. The number of carboxylic acid groups (broad SMARTS) is 1. The number of amides is 1. The molecule has 0 aromatic heterocycles. The molecule has 122 valence electrons. The van der Waals surface area contributed by atoms with Crippen molar-refractivity contribution in [3.63, 3.8) is 0 Å². The fourth-order valence-corrected chi connectivity index (χ4v) is 2.57. The summed E-state index contributed by atoms with van der Waals surface area (Å²) >= 11 is 0. The number of carboxylic acids is 1. The summed E-state index contributed by atoms with van der Waals surface area (Å²) in [5, 5.41) is 11.4. The predicted octanol–water partition coefficient (Wildman–Crippen LogP) is 0.527. The van der Waals surface area contributed by atoms with E-state index in [1.807, 2.05) is 13.8 Å². The molecular weight excluding hydrogens is 321 g/mol. The van der Waals surface area contributed by atoms with Gasteiger partial charge in [-0.1, -0.05) is 19.9 Å². The molecule has 0 bridgehead atoms.